The number of aryl methyl sites for hydroxylation is 1. The van der Waals surface area contributed by atoms with Crippen LogP contribution in [0.2, 0.25) is 0 Å². The van der Waals surface area contributed by atoms with Crippen LogP contribution in [0.3, 0.4) is 0 Å². The largest absolute Gasteiger partial charge is 0.385 e. The molecule has 0 aliphatic carbocycles. The molecular weight excluding hydrogens is 316 g/mol. The van der Waals surface area contributed by atoms with Crippen molar-refractivity contribution >= 4 is 11.8 Å². The molecule has 1 rings (SSSR count). The molecule has 1 atom stereocenters. The molecule has 0 spiro atoms. The summed E-state index contributed by atoms with van der Waals surface area (Å²) in [6.45, 7) is 7.15. The van der Waals surface area contributed by atoms with Crippen molar-refractivity contribution in [3.63, 3.8) is 0 Å². The van der Waals surface area contributed by atoms with Crippen molar-refractivity contribution in [2.45, 2.75) is 52.5 Å². The number of amides is 2. The van der Waals surface area contributed by atoms with Crippen LogP contribution in [0.1, 0.15) is 56.0 Å². The van der Waals surface area contributed by atoms with E-state index >= 15 is 0 Å². The normalized spacial score (nSPS) is 12.0. The van der Waals surface area contributed by atoms with Crippen LogP contribution in [0.15, 0.2) is 24.3 Å². The molecule has 0 radical (unpaired) electrons. The lowest BCUT2D eigenvalue weighted by Crippen LogP contribution is -2.50. The van der Waals surface area contributed by atoms with Crippen LogP contribution in [0.5, 0.6) is 0 Å². The van der Waals surface area contributed by atoms with Gasteiger partial charge in [-0.1, -0.05) is 39.3 Å². The highest BCUT2D eigenvalue weighted by molar-refractivity contribution is 5.97. The van der Waals surface area contributed by atoms with E-state index in [4.69, 9.17) is 4.74 Å². The van der Waals surface area contributed by atoms with Crippen LogP contribution in [0, 0.1) is 5.92 Å². The summed E-state index contributed by atoms with van der Waals surface area (Å²) in [6.07, 6.45) is 4.07. The standard InChI is InChI=1S/C20H32N2O3/c1-5-6-8-16-9-11-17(12-10-16)19(23)22-18(15(2)3)20(24)21-13-7-14-25-4/h9-12,15,18H,5-8,13-14H2,1-4H3,(H,21,24)(H,22,23). The van der Waals surface area contributed by atoms with E-state index in [0.29, 0.717) is 18.7 Å². The highest BCUT2D eigenvalue weighted by Gasteiger charge is 2.24. The number of rotatable bonds is 11. The summed E-state index contributed by atoms with van der Waals surface area (Å²) in [7, 11) is 1.63. The van der Waals surface area contributed by atoms with Crippen LogP contribution in [0.4, 0.5) is 0 Å². The highest BCUT2D eigenvalue weighted by atomic mass is 16.5. The lowest BCUT2D eigenvalue weighted by molar-refractivity contribution is -0.123. The van der Waals surface area contributed by atoms with Crippen molar-refractivity contribution < 1.29 is 14.3 Å². The van der Waals surface area contributed by atoms with E-state index in [9.17, 15) is 9.59 Å². The van der Waals surface area contributed by atoms with Crippen molar-refractivity contribution in [1.29, 1.82) is 0 Å². The van der Waals surface area contributed by atoms with Crippen LogP contribution in [-0.4, -0.2) is 38.1 Å². The Morgan fingerprint density at radius 1 is 1.12 bits per heavy atom. The van der Waals surface area contributed by atoms with Gasteiger partial charge in [0.05, 0.1) is 0 Å². The van der Waals surface area contributed by atoms with E-state index in [2.05, 4.69) is 17.6 Å². The van der Waals surface area contributed by atoms with Gasteiger partial charge in [-0.05, 0) is 42.9 Å². The molecule has 25 heavy (non-hydrogen) atoms. The number of ether oxygens (including phenoxy) is 1. The molecule has 0 aromatic heterocycles. The quantitative estimate of drug-likeness (QED) is 0.604. The first-order chi connectivity index (χ1) is 12.0. The first-order valence-corrected chi connectivity index (χ1v) is 9.16. The molecule has 2 N–H and O–H groups in total. The molecule has 1 aromatic carbocycles. The molecule has 0 heterocycles. The maximum absolute atomic E-state index is 12.5. The van der Waals surface area contributed by atoms with E-state index in [1.54, 1.807) is 7.11 Å². The molecule has 2 amide bonds. The third-order valence-corrected chi connectivity index (χ3v) is 4.10. The minimum atomic E-state index is -0.546. The lowest BCUT2D eigenvalue weighted by atomic mass is 10.0. The van der Waals surface area contributed by atoms with Gasteiger partial charge in [-0.2, -0.15) is 0 Å². The molecule has 0 aliphatic heterocycles. The predicted octanol–water partition coefficient (Wildman–Crippen LogP) is 2.94. The summed E-state index contributed by atoms with van der Waals surface area (Å²) in [5.41, 5.74) is 1.81. The second-order valence-corrected chi connectivity index (χ2v) is 6.63. The number of unbranched alkanes of at least 4 members (excludes halogenated alkanes) is 1. The van der Waals surface area contributed by atoms with Gasteiger partial charge in [0, 0.05) is 25.8 Å². The van der Waals surface area contributed by atoms with Crippen molar-refractivity contribution in [3.05, 3.63) is 35.4 Å². The van der Waals surface area contributed by atoms with Gasteiger partial charge >= 0.3 is 0 Å². The van der Waals surface area contributed by atoms with Crippen molar-refractivity contribution in [2.75, 3.05) is 20.3 Å². The molecular formula is C20H32N2O3. The van der Waals surface area contributed by atoms with Crippen LogP contribution in [0.25, 0.3) is 0 Å². The molecule has 0 saturated heterocycles. The molecule has 140 valence electrons. The zero-order valence-electron chi connectivity index (χ0n) is 15.9. The maximum atomic E-state index is 12.5. The van der Waals surface area contributed by atoms with Crippen molar-refractivity contribution in [3.8, 4) is 0 Å². The maximum Gasteiger partial charge on any atom is 0.251 e. The highest BCUT2D eigenvalue weighted by Crippen LogP contribution is 2.09. The monoisotopic (exact) mass is 348 g/mol. The lowest BCUT2D eigenvalue weighted by Gasteiger charge is -2.21. The fourth-order valence-electron chi connectivity index (χ4n) is 2.50. The number of methoxy groups -OCH3 is 1. The van der Waals surface area contributed by atoms with Crippen LogP contribution in [-0.2, 0) is 16.0 Å². The Bertz CT molecular complexity index is 526. The fraction of sp³-hybridized carbons (Fsp3) is 0.600. The number of hydrogen-bond acceptors (Lipinski definition) is 3. The van der Waals surface area contributed by atoms with E-state index in [0.717, 1.165) is 25.7 Å². The molecule has 0 fully saturated rings. The SMILES string of the molecule is CCCCc1ccc(C(=O)NC(C(=O)NCCCOC)C(C)C)cc1. The van der Waals surface area contributed by atoms with E-state index < -0.39 is 6.04 Å². The Balaban J connectivity index is 2.61. The zero-order chi connectivity index (χ0) is 18.7. The van der Waals surface area contributed by atoms with Gasteiger partial charge in [0.2, 0.25) is 5.91 Å². The molecule has 0 aliphatic rings. The zero-order valence-corrected chi connectivity index (χ0v) is 15.9. The summed E-state index contributed by atoms with van der Waals surface area (Å²) in [6, 6.07) is 7.08. The number of nitrogens with one attached hydrogen (secondary N) is 2. The van der Waals surface area contributed by atoms with Gasteiger partial charge in [0.15, 0.2) is 0 Å². The third-order valence-electron chi connectivity index (χ3n) is 4.10. The van der Waals surface area contributed by atoms with E-state index in [-0.39, 0.29) is 17.7 Å². The van der Waals surface area contributed by atoms with Gasteiger partial charge in [0.25, 0.3) is 5.91 Å². The van der Waals surface area contributed by atoms with Gasteiger partial charge in [-0.25, -0.2) is 0 Å². The number of carbonyl (C=O) groups excluding carboxylic acids is 2. The van der Waals surface area contributed by atoms with Gasteiger partial charge < -0.3 is 15.4 Å². The molecule has 1 aromatic rings. The topological polar surface area (TPSA) is 67.4 Å². The fourth-order valence-corrected chi connectivity index (χ4v) is 2.50. The minimum absolute atomic E-state index is 0.00945. The van der Waals surface area contributed by atoms with Gasteiger partial charge in [-0.3, -0.25) is 9.59 Å². The summed E-state index contributed by atoms with van der Waals surface area (Å²) < 4.78 is 4.97. The minimum Gasteiger partial charge on any atom is -0.385 e. The first kappa shape index (κ1) is 21.2. The average Bonchev–Trinajstić information content (AvgIpc) is 2.61. The Morgan fingerprint density at radius 3 is 2.36 bits per heavy atom. The second-order valence-electron chi connectivity index (χ2n) is 6.63. The molecule has 0 saturated carbocycles. The number of carbonyl (C=O) groups is 2. The Labute approximate surface area is 151 Å². The summed E-state index contributed by atoms with van der Waals surface area (Å²) in [4.78, 5) is 24.8. The smallest absolute Gasteiger partial charge is 0.251 e. The Kier molecular flexibility index (Phi) is 9.85. The number of benzene rings is 1. The van der Waals surface area contributed by atoms with Crippen LogP contribution < -0.4 is 10.6 Å². The summed E-state index contributed by atoms with van der Waals surface area (Å²) in [5, 5.41) is 5.71. The average molecular weight is 348 g/mol. The van der Waals surface area contributed by atoms with Gasteiger partial charge in [-0.15, -0.1) is 0 Å². The molecule has 5 heteroatoms. The molecule has 1 unspecified atom stereocenters. The first-order valence-electron chi connectivity index (χ1n) is 9.16. The van der Waals surface area contributed by atoms with Crippen molar-refractivity contribution in [1.82, 2.24) is 10.6 Å². The Hall–Kier alpha value is -1.88. The summed E-state index contributed by atoms with van der Waals surface area (Å²) >= 11 is 0. The second kappa shape index (κ2) is 11.6. The molecule has 5 nitrogen and oxygen atoms in total. The van der Waals surface area contributed by atoms with Crippen LogP contribution >= 0.6 is 0 Å². The van der Waals surface area contributed by atoms with Gasteiger partial charge in [0.1, 0.15) is 6.04 Å². The predicted molar refractivity (Wildman–Crippen MR) is 101 cm³/mol. The Morgan fingerprint density at radius 2 is 1.80 bits per heavy atom. The summed E-state index contributed by atoms with van der Waals surface area (Å²) in [5.74, 6) is -0.359. The molecule has 0 bridgehead atoms. The van der Waals surface area contributed by atoms with Crippen molar-refractivity contribution in [2.24, 2.45) is 5.92 Å². The van der Waals surface area contributed by atoms with E-state index in [1.165, 1.54) is 5.56 Å². The van der Waals surface area contributed by atoms with E-state index in [1.807, 2.05) is 38.1 Å². The third kappa shape index (κ3) is 7.69. The number of hydrogen-bond donors (Lipinski definition) is 2.